The Morgan fingerprint density at radius 2 is 2.12 bits per heavy atom. The number of nitrogens with zero attached hydrogens (tertiary/aromatic N) is 6. The van der Waals surface area contributed by atoms with E-state index in [0.717, 1.165) is 43.3 Å². The molecule has 0 radical (unpaired) electrons. The van der Waals surface area contributed by atoms with Crippen LogP contribution in [-0.4, -0.2) is 55.9 Å². The zero-order chi connectivity index (χ0) is 18.2. The zero-order valence-corrected chi connectivity index (χ0v) is 15.7. The van der Waals surface area contributed by atoms with Crippen LogP contribution in [0.1, 0.15) is 47.6 Å². The molecule has 1 fully saturated rings. The highest BCUT2D eigenvalue weighted by Gasteiger charge is 2.41. The first-order chi connectivity index (χ1) is 11.8. The quantitative estimate of drug-likeness (QED) is 0.846. The molecule has 1 saturated heterocycles. The molecule has 1 unspecified atom stereocenters. The summed E-state index contributed by atoms with van der Waals surface area (Å²) in [4.78, 5) is 30.0. The summed E-state index contributed by atoms with van der Waals surface area (Å²) >= 11 is 0. The van der Waals surface area contributed by atoms with Crippen LogP contribution in [-0.2, 0) is 19.1 Å². The Morgan fingerprint density at radius 1 is 1.36 bits per heavy atom. The average Bonchev–Trinajstić information content (AvgIpc) is 3.14. The van der Waals surface area contributed by atoms with Gasteiger partial charge in [0.2, 0.25) is 0 Å². The van der Waals surface area contributed by atoms with Gasteiger partial charge in [0.1, 0.15) is 17.3 Å². The van der Waals surface area contributed by atoms with E-state index in [1.807, 2.05) is 30.9 Å². The summed E-state index contributed by atoms with van der Waals surface area (Å²) in [6, 6.07) is 1.76. The summed E-state index contributed by atoms with van der Waals surface area (Å²) in [5, 5.41) is 0. The molecule has 0 bridgehead atoms. The van der Waals surface area contributed by atoms with Gasteiger partial charge in [-0.15, -0.1) is 0 Å². The lowest BCUT2D eigenvalue weighted by Crippen LogP contribution is -2.40. The van der Waals surface area contributed by atoms with Crippen LogP contribution < -0.4 is 0 Å². The number of rotatable bonds is 4. The van der Waals surface area contributed by atoms with Crippen LogP contribution >= 0.6 is 0 Å². The summed E-state index contributed by atoms with van der Waals surface area (Å²) in [7, 11) is 5.49. The van der Waals surface area contributed by atoms with E-state index in [-0.39, 0.29) is 11.4 Å². The monoisotopic (exact) mass is 342 g/mol. The molecule has 3 heterocycles. The third kappa shape index (κ3) is 3.28. The molecule has 1 aliphatic rings. The van der Waals surface area contributed by atoms with E-state index in [1.54, 1.807) is 25.1 Å². The maximum absolute atomic E-state index is 12.4. The highest BCUT2D eigenvalue weighted by molar-refractivity contribution is 5.92. The first-order valence-electron chi connectivity index (χ1n) is 8.60. The van der Waals surface area contributed by atoms with Crippen LogP contribution in [0.3, 0.4) is 0 Å². The van der Waals surface area contributed by atoms with Gasteiger partial charge in [0, 0.05) is 39.2 Å². The van der Waals surface area contributed by atoms with Crippen molar-refractivity contribution < 1.29 is 4.79 Å². The van der Waals surface area contributed by atoms with Crippen molar-refractivity contribution in [3.8, 4) is 0 Å². The Labute approximate surface area is 148 Å². The fraction of sp³-hybridized carbons (Fsp3) is 0.556. The van der Waals surface area contributed by atoms with Gasteiger partial charge in [0.05, 0.1) is 12.1 Å². The van der Waals surface area contributed by atoms with Crippen molar-refractivity contribution in [1.82, 2.24) is 29.3 Å². The first-order valence-corrected chi connectivity index (χ1v) is 8.60. The van der Waals surface area contributed by atoms with Gasteiger partial charge >= 0.3 is 0 Å². The molecule has 0 N–H and O–H groups in total. The lowest BCUT2D eigenvalue weighted by atomic mass is 9.97. The minimum absolute atomic E-state index is 0.0935. The number of aryl methyl sites for hydroxylation is 2. The van der Waals surface area contributed by atoms with Crippen molar-refractivity contribution in [2.75, 3.05) is 20.6 Å². The van der Waals surface area contributed by atoms with E-state index in [1.165, 1.54) is 0 Å². The number of carbonyl (C=O) groups excluding carboxylic acids is 1. The summed E-state index contributed by atoms with van der Waals surface area (Å²) in [5.74, 6) is 1.65. The predicted molar refractivity (Wildman–Crippen MR) is 95.0 cm³/mol. The van der Waals surface area contributed by atoms with Crippen LogP contribution in [0.25, 0.3) is 0 Å². The third-order valence-corrected chi connectivity index (χ3v) is 5.00. The lowest BCUT2D eigenvalue weighted by Gasteiger charge is -2.34. The normalized spacial score (nSPS) is 20.8. The third-order valence-electron chi connectivity index (χ3n) is 5.00. The van der Waals surface area contributed by atoms with E-state index >= 15 is 0 Å². The SMILES string of the molecule is Cc1cc(C(=O)N(C)C)nc(C2(C)CCCN2Cc2nccn2C)n1. The minimum atomic E-state index is -0.292. The highest BCUT2D eigenvalue weighted by Crippen LogP contribution is 2.37. The molecule has 134 valence electrons. The van der Waals surface area contributed by atoms with Crippen LogP contribution in [0.2, 0.25) is 0 Å². The molecular formula is C18H26N6O. The first kappa shape index (κ1) is 17.5. The highest BCUT2D eigenvalue weighted by atomic mass is 16.2. The average molecular weight is 342 g/mol. The fourth-order valence-electron chi connectivity index (χ4n) is 3.39. The van der Waals surface area contributed by atoms with Gasteiger partial charge in [-0.1, -0.05) is 0 Å². The van der Waals surface area contributed by atoms with Gasteiger partial charge in [0.15, 0.2) is 0 Å². The lowest BCUT2D eigenvalue weighted by molar-refractivity contribution is 0.0818. The molecule has 7 heteroatoms. The Morgan fingerprint density at radius 3 is 2.76 bits per heavy atom. The summed E-state index contributed by atoms with van der Waals surface area (Å²) in [5.41, 5.74) is 0.983. The molecule has 25 heavy (non-hydrogen) atoms. The number of likely N-dealkylation sites (tertiary alicyclic amines) is 1. The molecule has 0 aromatic carbocycles. The Balaban J connectivity index is 1.95. The molecule has 0 spiro atoms. The second-order valence-electron chi connectivity index (χ2n) is 7.17. The van der Waals surface area contributed by atoms with Crippen molar-refractivity contribution in [2.45, 2.75) is 38.8 Å². The summed E-state index contributed by atoms with van der Waals surface area (Å²) < 4.78 is 2.04. The molecular weight excluding hydrogens is 316 g/mol. The van der Waals surface area contributed by atoms with Crippen molar-refractivity contribution in [3.05, 3.63) is 41.5 Å². The van der Waals surface area contributed by atoms with Gasteiger partial charge in [-0.2, -0.15) is 0 Å². The number of imidazole rings is 1. The van der Waals surface area contributed by atoms with Gasteiger partial charge in [-0.25, -0.2) is 15.0 Å². The Bertz CT molecular complexity index is 784. The van der Waals surface area contributed by atoms with E-state index in [0.29, 0.717) is 5.69 Å². The van der Waals surface area contributed by atoms with E-state index in [2.05, 4.69) is 26.8 Å². The molecule has 0 aliphatic carbocycles. The molecule has 1 amide bonds. The number of amides is 1. The van der Waals surface area contributed by atoms with Gasteiger partial charge in [0.25, 0.3) is 5.91 Å². The minimum Gasteiger partial charge on any atom is -0.343 e. The second kappa shape index (κ2) is 6.55. The number of aromatic nitrogens is 4. The van der Waals surface area contributed by atoms with Crippen molar-refractivity contribution in [2.24, 2.45) is 7.05 Å². The van der Waals surface area contributed by atoms with Crippen LogP contribution in [0.4, 0.5) is 0 Å². The van der Waals surface area contributed by atoms with Crippen molar-refractivity contribution in [1.29, 1.82) is 0 Å². The molecule has 0 saturated carbocycles. The van der Waals surface area contributed by atoms with Crippen LogP contribution in [0.15, 0.2) is 18.5 Å². The molecule has 7 nitrogen and oxygen atoms in total. The topological polar surface area (TPSA) is 67.2 Å². The maximum atomic E-state index is 12.4. The zero-order valence-electron chi connectivity index (χ0n) is 15.7. The molecule has 3 rings (SSSR count). The van der Waals surface area contributed by atoms with Crippen LogP contribution in [0, 0.1) is 6.92 Å². The van der Waals surface area contributed by atoms with Crippen molar-refractivity contribution in [3.63, 3.8) is 0 Å². The number of carbonyl (C=O) groups is 1. The Kier molecular flexibility index (Phi) is 4.60. The van der Waals surface area contributed by atoms with Gasteiger partial charge < -0.3 is 9.47 Å². The summed E-state index contributed by atoms with van der Waals surface area (Å²) in [6.45, 7) is 5.80. The molecule has 1 atom stereocenters. The molecule has 2 aromatic rings. The Hall–Kier alpha value is -2.28. The van der Waals surface area contributed by atoms with E-state index in [9.17, 15) is 4.79 Å². The maximum Gasteiger partial charge on any atom is 0.272 e. The van der Waals surface area contributed by atoms with Gasteiger partial charge in [-0.3, -0.25) is 9.69 Å². The summed E-state index contributed by atoms with van der Waals surface area (Å²) in [6.07, 6.45) is 5.82. The number of hydrogen-bond donors (Lipinski definition) is 0. The molecule has 2 aromatic heterocycles. The van der Waals surface area contributed by atoms with Crippen LogP contribution in [0.5, 0.6) is 0 Å². The van der Waals surface area contributed by atoms with E-state index < -0.39 is 0 Å². The van der Waals surface area contributed by atoms with E-state index in [4.69, 9.17) is 0 Å². The van der Waals surface area contributed by atoms with Crippen molar-refractivity contribution >= 4 is 5.91 Å². The fourth-order valence-corrected chi connectivity index (χ4v) is 3.39. The smallest absolute Gasteiger partial charge is 0.272 e. The second-order valence-corrected chi connectivity index (χ2v) is 7.17. The van der Waals surface area contributed by atoms with Gasteiger partial charge in [-0.05, 0) is 39.3 Å². The standard InChI is InChI=1S/C18H26N6O/c1-13-11-14(16(25)22(3)4)21-17(20-13)18(2)7-6-9-24(18)12-15-19-8-10-23(15)5/h8,10-11H,6-7,9,12H2,1-5H3. The largest absolute Gasteiger partial charge is 0.343 e. The predicted octanol–water partition coefficient (Wildman–Crippen LogP) is 1.73. The number of hydrogen-bond acceptors (Lipinski definition) is 5. The molecule has 1 aliphatic heterocycles.